The first-order valence-corrected chi connectivity index (χ1v) is 6.59. The highest BCUT2D eigenvalue weighted by molar-refractivity contribution is 7.15. The topological polar surface area (TPSA) is 87.1 Å². The molecule has 1 unspecified atom stereocenters. The maximum Gasteiger partial charge on any atom is 0.270 e. The van der Waals surface area contributed by atoms with Gasteiger partial charge in [0.15, 0.2) is 0 Å². The zero-order chi connectivity index (χ0) is 13.1. The van der Waals surface area contributed by atoms with Gasteiger partial charge in [-0.3, -0.25) is 0 Å². The molecule has 0 amide bonds. The highest BCUT2D eigenvalue weighted by Crippen LogP contribution is 2.29. The number of aromatic nitrogens is 3. The van der Waals surface area contributed by atoms with Crippen LogP contribution in [0.1, 0.15) is 36.5 Å². The van der Waals surface area contributed by atoms with Crippen molar-refractivity contribution in [2.45, 2.75) is 33.4 Å². The third kappa shape index (κ3) is 2.58. The number of rotatable bonds is 5. The molecule has 2 N–H and O–H groups in total. The maximum atomic E-state index is 5.56. The van der Waals surface area contributed by atoms with Gasteiger partial charge < -0.3 is 15.0 Å². The maximum absolute atomic E-state index is 5.56. The van der Waals surface area contributed by atoms with E-state index >= 15 is 0 Å². The first-order valence-electron chi connectivity index (χ1n) is 5.77. The summed E-state index contributed by atoms with van der Waals surface area (Å²) < 4.78 is 10.7. The van der Waals surface area contributed by atoms with Gasteiger partial charge in [0.2, 0.25) is 5.82 Å². The quantitative estimate of drug-likeness (QED) is 0.893. The minimum Gasteiger partial charge on any atom is -0.371 e. The van der Waals surface area contributed by atoms with Crippen LogP contribution >= 0.6 is 11.3 Å². The Morgan fingerprint density at radius 1 is 1.44 bits per heavy atom. The van der Waals surface area contributed by atoms with E-state index in [0.29, 0.717) is 24.9 Å². The largest absolute Gasteiger partial charge is 0.371 e. The fraction of sp³-hybridized carbons (Fsp3) is 0.545. The second-order valence-corrected chi connectivity index (χ2v) is 4.87. The Labute approximate surface area is 109 Å². The molecule has 7 heteroatoms. The van der Waals surface area contributed by atoms with Crippen LogP contribution in [0, 0.1) is 6.92 Å². The van der Waals surface area contributed by atoms with Crippen LogP contribution in [0.3, 0.4) is 0 Å². The molecule has 2 rings (SSSR count). The fourth-order valence-corrected chi connectivity index (χ4v) is 2.42. The van der Waals surface area contributed by atoms with Gasteiger partial charge in [0.25, 0.3) is 5.89 Å². The van der Waals surface area contributed by atoms with Crippen LogP contribution in [0.2, 0.25) is 0 Å². The van der Waals surface area contributed by atoms with Crippen LogP contribution in [0.15, 0.2) is 4.52 Å². The second-order valence-electron chi connectivity index (χ2n) is 3.78. The van der Waals surface area contributed by atoms with Gasteiger partial charge in [-0.05, 0) is 20.8 Å². The predicted molar refractivity (Wildman–Crippen MR) is 68.1 cm³/mol. The summed E-state index contributed by atoms with van der Waals surface area (Å²) in [4.78, 5) is 9.54. The molecule has 2 aromatic heterocycles. The Hall–Kier alpha value is -1.31. The molecule has 0 saturated carbocycles. The normalized spacial score (nSPS) is 12.9. The lowest BCUT2D eigenvalue weighted by Gasteiger charge is -2.04. The van der Waals surface area contributed by atoms with Crippen LogP contribution in [-0.4, -0.2) is 21.7 Å². The molecular formula is C11H16N4O2S. The summed E-state index contributed by atoms with van der Waals surface area (Å²) in [5, 5.41) is 4.79. The molecule has 0 fully saturated rings. The molecule has 0 aromatic carbocycles. The first kappa shape index (κ1) is 13.1. The molecule has 2 aromatic rings. The minimum atomic E-state index is -0.172. The number of aryl methyl sites for hydroxylation is 1. The van der Waals surface area contributed by atoms with Gasteiger partial charge in [-0.2, -0.15) is 4.98 Å². The molecule has 98 valence electrons. The lowest BCUT2D eigenvalue weighted by Crippen LogP contribution is -2.01. The number of nitrogens with two attached hydrogens (primary N) is 1. The number of nitrogens with zero attached hydrogens (tertiary/aromatic N) is 3. The molecule has 0 aliphatic rings. The standard InChI is InChI=1S/C11H16N4O2S/c1-4-16-7(3)10-14-11(17-15-10)9-6(2)13-8(5-12)18-9/h7H,4-5,12H2,1-3H3. The number of hydrogen-bond donors (Lipinski definition) is 1. The van der Waals surface area contributed by atoms with E-state index in [1.165, 1.54) is 11.3 Å². The third-order valence-electron chi connectivity index (χ3n) is 2.43. The number of hydrogen-bond acceptors (Lipinski definition) is 7. The van der Waals surface area contributed by atoms with Crippen LogP contribution < -0.4 is 5.73 Å². The zero-order valence-corrected chi connectivity index (χ0v) is 11.5. The van der Waals surface area contributed by atoms with E-state index in [1.807, 2.05) is 20.8 Å². The van der Waals surface area contributed by atoms with E-state index in [2.05, 4.69) is 15.1 Å². The molecule has 6 nitrogen and oxygen atoms in total. The first-order chi connectivity index (χ1) is 8.65. The van der Waals surface area contributed by atoms with Crippen molar-refractivity contribution >= 4 is 11.3 Å². The van der Waals surface area contributed by atoms with Crippen LogP contribution in [-0.2, 0) is 11.3 Å². The molecule has 0 radical (unpaired) electrons. The van der Waals surface area contributed by atoms with Gasteiger partial charge in [-0.1, -0.05) is 5.16 Å². The Bertz CT molecular complexity index is 523. The van der Waals surface area contributed by atoms with Gasteiger partial charge in [-0.15, -0.1) is 11.3 Å². The summed E-state index contributed by atoms with van der Waals surface area (Å²) in [5.41, 5.74) is 6.43. The highest BCUT2D eigenvalue weighted by Gasteiger charge is 2.18. The molecule has 0 aliphatic carbocycles. The van der Waals surface area contributed by atoms with Crippen molar-refractivity contribution in [1.29, 1.82) is 0 Å². The van der Waals surface area contributed by atoms with Crippen molar-refractivity contribution < 1.29 is 9.26 Å². The Balaban J connectivity index is 2.26. The highest BCUT2D eigenvalue weighted by atomic mass is 32.1. The molecule has 2 heterocycles. The van der Waals surface area contributed by atoms with E-state index in [0.717, 1.165) is 15.6 Å². The smallest absolute Gasteiger partial charge is 0.270 e. The third-order valence-corrected chi connectivity index (χ3v) is 3.60. The van der Waals surface area contributed by atoms with E-state index in [4.69, 9.17) is 15.0 Å². The lowest BCUT2D eigenvalue weighted by atomic mass is 10.3. The monoisotopic (exact) mass is 268 g/mol. The molecule has 0 spiro atoms. The molecular weight excluding hydrogens is 252 g/mol. The minimum absolute atomic E-state index is 0.172. The van der Waals surface area contributed by atoms with Crippen molar-refractivity contribution in [1.82, 2.24) is 15.1 Å². The second kappa shape index (κ2) is 5.55. The summed E-state index contributed by atoms with van der Waals surface area (Å²) in [7, 11) is 0. The summed E-state index contributed by atoms with van der Waals surface area (Å²) in [6, 6.07) is 0. The van der Waals surface area contributed by atoms with Gasteiger partial charge >= 0.3 is 0 Å². The summed E-state index contributed by atoms with van der Waals surface area (Å²) in [6.07, 6.45) is -0.172. The summed E-state index contributed by atoms with van der Waals surface area (Å²) in [5.74, 6) is 1.03. The summed E-state index contributed by atoms with van der Waals surface area (Å²) in [6.45, 7) is 6.76. The SMILES string of the molecule is CCOC(C)c1noc(-c2sc(CN)nc2C)n1. The zero-order valence-electron chi connectivity index (χ0n) is 10.6. The fourth-order valence-electron chi connectivity index (χ4n) is 1.55. The van der Waals surface area contributed by atoms with E-state index in [1.54, 1.807) is 0 Å². The van der Waals surface area contributed by atoms with E-state index < -0.39 is 0 Å². The molecule has 0 aliphatic heterocycles. The molecule has 1 atom stereocenters. The Kier molecular flexibility index (Phi) is 4.05. The summed E-state index contributed by atoms with van der Waals surface area (Å²) >= 11 is 1.48. The molecule has 0 saturated heterocycles. The van der Waals surface area contributed by atoms with Crippen LogP contribution in [0.4, 0.5) is 0 Å². The van der Waals surface area contributed by atoms with Gasteiger partial charge in [-0.25, -0.2) is 4.98 Å². The average molecular weight is 268 g/mol. The number of thiazole rings is 1. The van der Waals surface area contributed by atoms with Gasteiger partial charge in [0.1, 0.15) is 16.0 Å². The van der Waals surface area contributed by atoms with Crippen molar-refractivity contribution in [3.8, 4) is 10.8 Å². The van der Waals surface area contributed by atoms with Crippen molar-refractivity contribution in [2.24, 2.45) is 5.73 Å². The predicted octanol–water partition coefficient (Wildman–Crippen LogP) is 2.06. The molecule has 18 heavy (non-hydrogen) atoms. The van der Waals surface area contributed by atoms with Gasteiger partial charge in [0.05, 0.1) is 5.69 Å². The Morgan fingerprint density at radius 2 is 2.22 bits per heavy atom. The van der Waals surface area contributed by atoms with Crippen LogP contribution in [0.5, 0.6) is 0 Å². The van der Waals surface area contributed by atoms with Crippen LogP contribution in [0.25, 0.3) is 10.8 Å². The van der Waals surface area contributed by atoms with E-state index in [9.17, 15) is 0 Å². The number of ether oxygens (including phenoxy) is 1. The molecule has 0 bridgehead atoms. The van der Waals surface area contributed by atoms with Crippen molar-refractivity contribution in [2.75, 3.05) is 6.61 Å². The van der Waals surface area contributed by atoms with Crippen molar-refractivity contribution in [3.63, 3.8) is 0 Å². The van der Waals surface area contributed by atoms with E-state index in [-0.39, 0.29) is 6.10 Å². The average Bonchev–Trinajstić information content (AvgIpc) is 2.95. The lowest BCUT2D eigenvalue weighted by molar-refractivity contribution is 0.0683. The van der Waals surface area contributed by atoms with Crippen molar-refractivity contribution in [3.05, 3.63) is 16.5 Å². The van der Waals surface area contributed by atoms with Gasteiger partial charge in [0, 0.05) is 13.2 Å². The Morgan fingerprint density at radius 3 is 2.83 bits per heavy atom.